The minimum atomic E-state index is -4.45. The van der Waals surface area contributed by atoms with E-state index in [9.17, 15) is 27.9 Å². The molecule has 40 heavy (non-hydrogen) atoms. The molecule has 0 bridgehead atoms. The first-order valence-electron chi connectivity index (χ1n) is 12.9. The average Bonchev–Trinajstić information content (AvgIpc) is 3.46. The number of hydrogen-bond donors (Lipinski definition) is 1. The Morgan fingerprint density at radius 2 is 1.68 bits per heavy atom. The van der Waals surface area contributed by atoms with Crippen LogP contribution in [0.2, 0.25) is 0 Å². The normalized spacial score (nSPS) is 23.1. The van der Waals surface area contributed by atoms with Gasteiger partial charge in [-0.15, -0.1) is 0 Å². The van der Waals surface area contributed by atoms with E-state index in [1.54, 1.807) is 18.2 Å². The molecule has 0 unspecified atom stereocenters. The average molecular weight is 553 g/mol. The highest BCUT2D eigenvalue weighted by atomic mass is 19.4. The van der Waals surface area contributed by atoms with Crippen LogP contribution in [0.4, 0.5) is 13.2 Å². The molecule has 0 radical (unpaired) electrons. The predicted molar refractivity (Wildman–Crippen MR) is 139 cm³/mol. The van der Waals surface area contributed by atoms with Crippen molar-refractivity contribution in [3.8, 4) is 16.9 Å². The SMILES string of the molecule is O=C1C[C@@H]2[C@@H](/C=C/[C@@H](O)COc3ccc(C(F)(F)F)cc3)[C@H](OC(=O)c3ccc(-c4ccccc4)cc3)C[C@@H]2O1. The fraction of sp³-hybridized carbons (Fsp3) is 0.290. The molecule has 0 amide bonds. The summed E-state index contributed by atoms with van der Waals surface area (Å²) in [6.45, 7) is -0.198. The summed E-state index contributed by atoms with van der Waals surface area (Å²) in [6, 6.07) is 21.0. The standard InChI is InChI=1S/C31H27F3O6/c32-31(33,34)22-10-13-24(14-11-22)38-18-23(35)12-15-25-26-16-29(36)39-28(26)17-27(25)40-30(37)21-8-6-20(7-9-21)19-4-2-1-3-5-19/h1-15,23,25-28,35H,16-18H2/b15-12+/t23-,25-,26-,27-,28+/m1/s1. The van der Waals surface area contributed by atoms with E-state index in [-0.39, 0.29) is 42.7 Å². The van der Waals surface area contributed by atoms with E-state index >= 15 is 0 Å². The number of fused-ring (bicyclic) bond motifs is 1. The first-order chi connectivity index (χ1) is 19.2. The zero-order chi connectivity index (χ0) is 28.3. The monoisotopic (exact) mass is 552 g/mol. The highest BCUT2D eigenvalue weighted by molar-refractivity contribution is 5.90. The molecule has 0 spiro atoms. The van der Waals surface area contributed by atoms with Gasteiger partial charge in [0.15, 0.2) is 0 Å². The van der Waals surface area contributed by atoms with Gasteiger partial charge in [-0.05, 0) is 47.5 Å². The van der Waals surface area contributed by atoms with Gasteiger partial charge in [-0.3, -0.25) is 4.79 Å². The van der Waals surface area contributed by atoms with Gasteiger partial charge >= 0.3 is 18.1 Å². The summed E-state index contributed by atoms with van der Waals surface area (Å²) >= 11 is 0. The van der Waals surface area contributed by atoms with Crippen LogP contribution in [0.15, 0.2) is 91.0 Å². The maximum Gasteiger partial charge on any atom is 0.416 e. The summed E-state index contributed by atoms with van der Waals surface area (Å²) in [4.78, 5) is 24.9. The third-order valence-corrected chi connectivity index (χ3v) is 7.20. The molecule has 5 rings (SSSR count). The second-order valence-corrected chi connectivity index (χ2v) is 9.88. The minimum Gasteiger partial charge on any atom is -0.491 e. The van der Waals surface area contributed by atoms with Crippen LogP contribution in [-0.2, 0) is 20.4 Å². The number of esters is 2. The zero-order valence-electron chi connectivity index (χ0n) is 21.3. The van der Waals surface area contributed by atoms with Gasteiger partial charge < -0.3 is 19.3 Å². The second-order valence-electron chi connectivity index (χ2n) is 9.88. The number of carbonyl (C=O) groups is 2. The fourth-order valence-electron chi connectivity index (χ4n) is 5.16. The molecule has 2 fully saturated rings. The Kier molecular flexibility index (Phi) is 7.93. The molecule has 1 aliphatic heterocycles. The van der Waals surface area contributed by atoms with Crippen molar-refractivity contribution in [1.82, 2.24) is 0 Å². The second kappa shape index (κ2) is 11.6. The molecule has 1 aliphatic carbocycles. The Bertz CT molecular complexity index is 1350. The van der Waals surface area contributed by atoms with Gasteiger partial charge in [-0.2, -0.15) is 13.2 Å². The van der Waals surface area contributed by atoms with Crippen molar-refractivity contribution in [2.75, 3.05) is 6.61 Å². The van der Waals surface area contributed by atoms with Gasteiger partial charge in [0.05, 0.1) is 17.5 Å². The topological polar surface area (TPSA) is 82.1 Å². The molecular formula is C31H27F3O6. The predicted octanol–water partition coefficient (Wildman–Crippen LogP) is 5.85. The molecular weight excluding hydrogens is 525 g/mol. The third kappa shape index (κ3) is 6.37. The molecule has 9 heteroatoms. The molecule has 5 atom stereocenters. The Hall–Kier alpha value is -4.11. The van der Waals surface area contributed by atoms with E-state index in [1.807, 2.05) is 42.5 Å². The van der Waals surface area contributed by atoms with Crippen LogP contribution in [0.3, 0.4) is 0 Å². The Balaban J connectivity index is 1.21. The van der Waals surface area contributed by atoms with Crippen molar-refractivity contribution in [3.05, 3.63) is 102 Å². The molecule has 1 heterocycles. The van der Waals surface area contributed by atoms with Crippen molar-refractivity contribution >= 4 is 11.9 Å². The van der Waals surface area contributed by atoms with Crippen molar-refractivity contribution in [3.63, 3.8) is 0 Å². The van der Waals surface area contributed by atoms with Crippen LogP contribution in [0.1, 0.15) is 28.8 Å². The molecule has 0 aromatic heterocycles. The van der Waals surface area contributed by atoms with Crippen LogP contribution in [0.25, 0.3) is 11.1 Å². The van der Waals surface area contributed by atoms with E-state index < -0.39 is 29.9 Å². The van der Waals surface area contributed by atoms with E-state index in [1.165, 1.54) is 18.2 Å². The van der Waals surface area contributed by atoms with E-state index in [2.05, 4.69) is 0 Å². The van der Waals surface area contributed by atoms with Crippen molar-refractivity contribution in [2.24, 2.45) is 11.8 Å². The highest BCUT2D eigenvalue weighted by Gasteiger charge is 2.50. The molecule has 2 aliphatic rings. The zero-order valence-corrected chi connectivity index (χ0v) is 21.3. The van der Waals surface area contributed by atoms with Gasteiger partial charge in [0.25, 0.3) is 0 Å². The lowest BCUT2D eigenvalue weighted by molar-refractivity contribution is -0.142. The number of hydrogen-bond acceptors (Lipinski definition) is 6. The summed E-state index contributed by atoms with van der Waals surface area (Å²) in [5.41, 5.74) is 1.59. The molecule has 1 saturated heterocycles. The fourth-order valence-corrected chi connectivity index (χ4v) is 5.16. The summed E-state index contributed by atoms with van der Waals surface area (Å²) in [5.74, 6) is -1.21. The minimum absolute atomic E-state index is 0.178. The Labute approximate surface area is 229 Å². The van der Waals surface area contributed by atoms with Gasteiger partial charge in [0.2, 0.25) is 0 Å². The van der Waals surface area contributed by atoms with E-state index in [0.717, 1.165) is 23.3 Å². The molecule has 1 saturated carbocycles. The van der Waals surface area contributed by atoms with Crippen LogP contribution >= 0.6 is 0 Å². The van der Waals surface area contributed by atoms with Crippen LogP contribution in [0, 0.1) is 11.8 Å². The quantitative estimate of drug-likeness (QED) is 0.279. The number of benzene rings is 3. The lowest BCUT2D eigenvalue weighted by Crippen LogP contribution is -2.25. The first kappa shape index (κ1) is 27.5. The molecule has 3 aromatic carbocycles. The summed E-state index contributed by atoms with van der Waals surface area (Å²) in [5, 5.41) is 10.4. The number of rotatable bonds is 8. The maximum absolute atomic E-state index is 13.0. The van der Waals surface area contributed by atoms with Crippen LogP contribution < -0.4 is 4.74 Å². The van der Waals surface area contributed by atoms with Gasteiger partial charge in [0.1, 0.15) is 30.7 Å². The number of halogens is 3. The maximum atomic E-state index is 13.0. The highest BCUT2D eigenvalue weighted by Crippen LogP contribution is 2.43. The first-order valence-corrected chi connectivity index (χ1v) is 12.9. The third-order valence-electron chi connectivity index (χ3n) is 7.20. The lowest BCUT2D eigenvalue weighted by Gasteiger charge is -2.20. The number of aliphatic hydroxyl groups excluding tert-OH is 1. The van der Waals surface area contributed by atoms with Crippen LogP contribution in [-0.4, -0.2) is 42.0 Å². The summed E-state index contributed by atoms with van der Waals surface area (Å²) in [7, 11) is 0. The lowest BCUT2D eigenvalue weighted by atomic mass is 9.91. The largest absolute Gasteiger partial charge is 0.491 e. The molecule has 1 N–H and O–H groups in total. The smallest absolute Gasteiger partial charge is 0.416 e. The Morgan fingerprint density at radius 1 is 1.00 bits per heavy atom. The van der Waals surface area contributed by atoms with Crippen molar-refractivity contribution in [2.45, 2.75) is 37.3 Å². The van der Waals surface area contributed by atoms with Gasteiger partial charge in [0, 0.05) is 18.3 Å². The van der Waals surface area contributed by atoms with E-state index in [0.29, 0.717) is 12.0 Å². The summed E-state index contributed by atoms with van der Waals surface area (Å²) < 4.78 is 54.9. The molecule has 3 aromatic rings. The number of alkyl halides is 3. The summed E-state index contributed by atoms with van der Waals surface area (Å²) in [6.07, 6.45) is -2.78. The van der Waals surface area contributed by atoms with Gasteiger partial charge in [-0.1, -0.05) is 54.6 Å². The number of ether oxygens (including phenoxy) is 3. The Morgan fingerprint density at radius 3 is 2.35 bits per heavy atom. The van der Waals surface area contributed by atoms with Gasteiger partial charge in [-0.25, -0.2) is 4.79 Å². The van der Waals surface area contributed by atoms with Crippen LogP contribution in [0.5, 0.6) is 5.75 Å². The van der Waals surface area contributed by atoms with Crippen molar-refractivity contribution < 1.29 is 42.1 Å². The molecule has 6 nitrogen and oxygen atoms in total. The van der Waals surface area contributed by atoms with Crippen molar-refractivity contribution in [1.29, 1.82) is 0 Å². The number of aliphatic hydroxyl groups is 1. The van der Waals surface area contributed by atoms with E-state index in [4.69, 9.17) is 14.2 Å². The number of carbonyl (C=O) groups excluding carboxylic acids is 2. The molecule has 208 valence electrons.